The number of carbonyl (C=O) groups excluding carboxylic acids is 2. The molecule has 130 valence electrons. The molecule has 0 aliphatic heterocycles. The summed E-state index contributed by atoms with van der Waals surface area (Å²) >= 11 is 6.06. The van der Waals surface area contributed by atoms with E-state index in [0.29, 0.717) is 28.6 Å². The van der Waals surface area contributed by atoms with E-state index in [-0.39, 0.29) is 17.7 Å². The molecular formula is C19H19ClN2O3. The van der Waals surface area contributed by atoms with E-state index in [0.717, 1.165) is 18.4 Å². The smallest absolute Gasteiger partial charge is 0.255 e. The van der Waals surface area contributed by atoms with E-state index in [9.17, 15) is 9.59 Å². The minimum atomic E-state index is -0.227. The molecule has 0 saturated heterocycles. The number of methoxy groups -OCH3 is 1. The molecule has 6 heteroatoms. The molecule has 1 fully saturated rings. The summed E-state index contributed by atoms with van der Waals surface area (Å²) in [7, 11) is 1.54. The van der Waals surface area contributed by atoms with Gasteiger partial charge in [0.15, 0.2) is 0 Å². The van der Waals surface area contributed by atoms with Crippen LogP contribution in [0.1, 0.15) is 28.8 Å². The molecule has 25 heavy (non-hydrogen) atoms. The Morgan fingerprint density at radius 3 is 2.48 bits per heavy atom. The SMILES string of the molecule is COc1ccc(NC(=O)c2ccc(CNC(=O)C3CC3)cc2)cc1Cl. The van der Waals surface area contributed by atoms with E-state index >= 15 is 0 Å². The Morgan fingerprint density at radius 2 is 1.88 bits per heavy atom. The molecule has 0 heterocycles. The van der Waals surface area contributed by atoms with Crippen molar-refractivity contribution in [3.63, 3.8) is 0 Å². The van der Waals surface area contributed by atoms with Crippen molar-refractivity contribution in [3.8, 4) is 5.75 Å². The Bertz CT molecular complexity index is 786. The maximum Gasteiger partial charge on any atom is 0.255 e. The molecular weight excluding hydrogens is 340 g/mol. The highest BCUT2D eigenvalue weighted by atomic mass is 35.5. The number of halogens is 1. The van der Waals surface area contributed by atoms with Crippen LogP contribution < -0.4 is 15.4 Å². The maximum atomic E-state index is 12.3. The van der Waals surface area contributed by atoms with Crippen LogP contribution in [0.3, 0.4) is 0 Å². The van der Waals surface area contributed by atoms with Crippen molar-refractivity contribution < 1.29 is 14.3 Å². The maximum absolute atomic E-state index is 12.3. The normalized spacial score (nSPS) is 13.2. The highest BCUT2D eigenvalue weighted by molar-refractivity contribution is 6.32. The molecule has 2 N–H and O–H groups in total. The summed E-state index contributed by atoms with van der Waals surface area (Å²) in [6, 6.07) is 12.2. The molecule has 2 aromatic carbocycles. The molecule has 0 aromatic heterocycles. The third kappa shape index (κ3) is 4.51. The van der Waals surface area contributed by atoms with E-state index in [1.54, 1.807) is 30.3 Å². The first kappa shape index (κ1) is 17.3. The van der Waals surface area contributed by atoms with Crippen molar-refractivity contribution >= 4 is 29.1 Å². The minimum Gasteiger partial charge on any atom is -0.495 e. The minimum absolute atomic E-state index is 0.109. The quantitative estimate of drug-likeness (QED) is 0.828. The molecule has 2 amide bonds. The van der Waals surface area contributed by atoms with Crippen molar-refractivity contribution in [1.29, 1.82) is 0 Å². The topological polar surface area (TPSA) is 67.4 Å². The van der Waals surface area contributed by atoms with Crippen molar-refractivity contribution in [2.75, 3.05) is 12.4 Å². The van der Waals surface area contributed by atoms with Crippen LogP contribution in [0.25, 0.3) is 0 Å². The van der Waals surface area contributed by atoms with E-state index in [1.807, 2.05) is 12.1 Å². The summed E-state index contributed by atoms with van der Waals surface area (Å²) in [5, 5.41) is 6.13. The number of hydrogen-bond donors (Lipinski definition) is 2. The molecule has 0 radical (unpaired) electrons. The molecule has 0 bridgehead atoms. The molecule has 2 aromatic rings. The van der Waals surface area contributed by atoms with E-state index < -0.39 is 0 Å². The van der Waals surface area contributed by atoms with Crippen LogP contribution in [0, 0.1) is 5.92 Å². The summed E-state index contributed by atoms with van der Waals surface area (Å²) in [5.74, 6) is 0.631. The van der Waals surface area contributed by atoms with Crippen molar-refractivity contribution in [1.82, 2.24) is 5.32 Å². The molecule has 0 spiro atoms. The largest absolute Gasteiger partial charge is 0.495 e. The lowest BCUT2D eigenvalue weighted by Crippen LogP contribution is -2.24. The second-order valence-corrected chi connectivity index (χ2v) is 6.40. The fourth-order valence-corrected chi connectivity index (χ4v) is 2.66. The zero-order valence-electron chi connectivity index (χ0n) is 13.8. The average Bonchev–Trinajstić information content (AvgIpc) is 3.45. The first-order valence-electron chi connectivity index (χ1n) is 8.08. The fourth-order valence-electron chi connectivity index (χ4n) is 2.40. The number of nitrogens with one attached hydrogen (secondary N) is 2. The Labute approximate surface area is 151 Å². The van der Waals surface area contributed by atoms with Crippen LogP contribution in [-0.4, -0.2) is 18.9 Å². The van der Waals surface area contributed by atoms with Crippen molar-refractivity contribution in [2.24, 2.45) is 5.92 Å². The van der Waals surface area contributed by atoms with Gasteiger partial charge >= 0.3 is 0 Å². The fraction of sp³-hybridized carbons (Fsp3) is 0.263. The zero-order chi connectivity index (χ0) is 17.8. The Kier molecular flexibility index (Phi) is 5.24. The number of amides is 2. The van der Waals surface area contributed by atoms with Gasteiger partial charge in [0.1, 0.15) is 5.75 Å². The van der Waals surface area contributed by atoms with Crippen LogP contribution in [0.4, 0.5) is 5.69 Å². The predicted octanol–water partition coefficient (Wildman–Crippen LogP) is 3.63. The highest BCUT2D eigenvalue weighted by Crippen LogP contribution is 2.29. The van der Waals surface area contributed by atoms with Gasteiger partial charge in [-0.15, -0.1) is 0 Å². The second kappa shape index (κ2) is 7.57. The van der Waals surface area contributed by atoms with Gasteiger partial charge in [-0.1, -0.05) is 23.7 Å². The molecule has 0 unspecified atom stereocenters. The number of carbonyl (C=O) groups is 2. The molecule has 1 aliphatic rings. The standard InChI is InChI=1S/C19H19ClN2O3/c1-25-17-9-8-15(10-16(17)20)22-19(24)14-4-2-12(3-5-14)11-21-18(23)13-6-7-13/h2-5,8-10,13H,6-7,11H2,1H3,(H,21,23)(H,22,24). The van der Waals surface area contributed by atoms with Gasteiger partial charge in [-0.3, -0.25) is 9.59 Å². The van der Waals surface area contributed by atoms with E-state index in [1.165, 1.54) is 7.11 Å². The Morgan fingerprint density at radius 1 is 1.16 bits per heavy atom. The highest BCUT2D eigenvalue weighted by Gasteiger charge is 2.29. The molecule has 0 atom stereocenters. The third-order valence-electron chi connectivity index (χ3n) is 4.04. The van der Waals surface area contributed by atoms with Crippen LogP contribution in [0.5, 0.6) is 5.75 Å². The van der Waals surface area contributed by atoms with Crippen LogP contribution in [-0.2, 0) is 11.3 Å². The van der Waals surface area contributed by atoms with Gasteiger partial charge in [-0.2, -0.15) is 0 Å². The van der Waals surface area contributed by atoms with Gasteiger partial charge in [0, 0.05) is 23.7 Å². The molecule has 3 rings (SSSR count). The summed E-state index contributed by atoms with van der Waals surface area (Å²) in [5.41, 5.74) is 2.08. The van der Waals surface area contributed by atoms with Crippen LogP contribution in [0.2, 0.25) is 5.02 Å². The van der Waals surface area contributed by atoms with Gasteiger partial charge in [-0.25, -0.2) is 0 Å². The second-order valence-electron chi connectivity index (χ2n) is 5.99. The lowest BCUT2D eigenvalue weighted by Gasteiger charge is -2.09. The summed E-state index contributed by atoms with van der Waals surface area (Å²) in [6.45, 7) is 0.478. The number of hydrogen-bond acceptors (Lipinski definition) is 3. The number of anilines is 1. The monoisotopic (exact) mass is 358 g/mol. The zero-order valence-corrected chi connectivity index (χ0v) is 14.6. The molecule has 5 nitrogen and oxygen atoms in total. The Balaban J connectivity index is 1.58. The van der Waals surface area contributed by atoms with Gasteiger partial charge < -0.3 is 15.4 Å². The van der Waals surface area contributed by atoms with Gasteiger partial charge in [0.2, 0.25) is 5.91 Å². The van der Waals surface area contributed by atoms with E-state index in [4.69, 9.17) is 16.3 Å². The summed E-state index contributed by atoms with van der Waals surface area (Å²) in [6.07, 6.45) is 1.97. The lowest BCUT2D eigenvalue weighted by molar-refractivity contribution is -0.122. The number of benzene rings is 2. The summed E-state index contributed by atoms with van der Waals surface area (Å²) < 4.78 is 5.09. The molecule has 1 aliphatic carbocycles. The lowest BCUT2D eigenvalue weighted by atomic mass is 10.1. The van der Waals surface area contributed by atoms with Crippen LogP contribution >= 0.6 is 11.6 Å². The molecule has 1 saturated carbocycles. The number of ether oxygens (including phenoxy) is 1. The van der Waals surface area contributed by atoms with Crippen molar-refractivity contribution in [3.05, 3.63) is 58.6 Å². The van der Waals surface area contributed by atoms with Gasteiger partial charge in [0.25, 0.3) is 5.91 Å². The van der Waals surface area contributed by atoms with Crippen molar-refractivity contribution in [2.45, 2.75) is 19.4 Å². The average molecular weight is 359 g/mol. The predicted molar refractivity (Wildman–Crippen MR) is 97.0 cm³/mol. The Hall–Kier alpha value is -2.53. The van der Waals surface area contributed by atoms with E-state index in [2.05, 4.69) is 10.6 Å². The van der Waals surface area contributed by atoms with Crippen LogP contribution in [0.15, 0.2) is 42.5 Å². The van der Waals surface area contributed by atoms with Gasteiger partial charge in [-0.05, 0) is 48.7 Å². The summed E-state index contributed by atoms with van der Waals surface area (Å²) in [4.78, 5) is 23.9. The van der Waals surface area contributed by atoms with Gasteiger partial charge in [0.05, 0.1) is 12.1 Å². The first-order valence-corrected chi connectivity index (χ1v) is 8.46. The number of rotatable bonds is 6. The third-order valence-corrected chi connectivity index (χ3v) is 4.34. The first-order chi connectivity index (χ1) is 12.1.